The molecule has 0 fully saturated rings. The Balaban J connectivity index is 1.76. The van der Waals surface area contributed by atoms with Crippen LogP contribution in [0.3, 0.4) is 0 Å². The molecule has 0 radical (unpaired) electrons. The second-order valence-electron chi connectivity index (χ2n) is 5.02. The molecule has 0 aromatic carbocycles. The largest absolute Gasteiger partial charge is 0.387 e. The lowest BCUT2D eigenvalue weighted by Crippen LogP contribution is -2.08. The van der Waals surface area contributed by atoms with Crippen molar-refractivity contribution in [3.05, 3.63) is 33.5 Å². The first-order valence-corrected chi connectivity index (χ1v) is 7.75. The molecule has 0 bridgehead atoms. The van der Waals surface area contributed by atoms with Crippen molar-refractivity contribution in [1.82, 2.24) is 14.8 Å². The fourth-order valence-corrected chi connectivity index (χ4v) is 3.91. The number of aryl methyl sites for hydroxylation is 3. The van der Waals surface area contributed by atoms with E-state index in [1.54, 1.807) is 17.7 Å². The number of aromatic nitrogens is 3. The van der Waals surface area contributed by atoms with Crippen molar-refractivity contribution in [2.75, 3.05) is 0 Å². The van der Waals surface area contributed by atoms with Gasteiger partial charge in [-0.2, -0.15) is 5.10 Å². The van der Waals surface area contributed by atoms with Gasteiger partial charge in [0.1, 0.15) is 12.2 Å². The number of aliphatic hydroxyl groups excluding tert-OH is 1. The van der Waals surface area contributed by atoms with Gasteiger partial charge >= 0.3 is 0 Å². The van der Waals surface area contributed by atoms with E-state index in [2.05, 4.69) is 16.1 Å². The lowest BCUT2D eigenvalue weighted by atomic mass is 9.99. The Labute approximate surface area is 117 Å². The fourth-order valence-electron chi connectivity index (χ4n) is 2.66. The normalized spacial score (nSPS) is 16.3. The molecule has 3 rings (SSSR count). The number of hydrogen-bond acceptors (Lipinski definition) is 4. The Kier molecular flexibility index (Phi) is 3.66. The van der Waals surface area contributed by atoms with Crippen molar-refractivity contribution in [1.29, 1.82) is 0 Å². The zero-order chi connectivity index (χ0) is 13.2. The third kappa shape index (κ3) is 2.58. The minimum Gasteiger partial charge on any atom is -0.387 e. The van der Waals surface area contributed by atoms with E-state index in [0.717, 1.165) is 17.2 Å². The smallest absolute Gasteiger partial charge is 0.138 e. The SMILES string of the molecule is CCn1ncnc1CC(O)c1cc2c(s1)CCCC2. The van der Waals surface area contributed by atoms with Gasteiger partial charge in [-0.1, -0.05) is 0 Å². The summed E-state index contributed by atoms with van der Waals surface area (Å²) >= 11 is 1.77. The van der Waals surface area contributed by atoms with E-state index in [1.165, 1.54) is 36.1 Å². The van der Waals surface area contributed by atoms with Crippen molar-refractivity contribution in [2.24, 2.45) is 0 Å². The van der Waals surface area contributed by atoms with E-state index in [0.29, 0.717) is 6.42 Å². The lowest BCUT2D eigenvalue weighted by molar-refractivity contribution is 0.178. The predicted molar refractivity (Wildman–Crippen MR) is 75.3 cm³/mol. The van der Waals surface area contributed by atoms with E-state index >= 15 is 0 Å². The van der Waals surface area contributed by atoms with Gasteiger partial charge in [-0.3, -0.25) is 4.68 Å². The second-order valence-corrected chi connectivity index (χ2v) is 6.18. The van der Waals surface area contributed by atoms with Gasteiger partial charge in [0.05, 0.1) is 6.10 Å². The maximum absolute atomic E-state index is 10.4. The van der Waals surface area contributed by atoms with Crippen LogP contribution in [0.2, 0.25) is 0 Å². The second kappa shape index (κ2) is 5.43. The van der Waals surface area contributed by atoms with Gasteiger partial charge in [-0.15, -0.1) is 11.3 Å². The van der Waals surface area contributed by atoms with E-state index in [1.807, 2.05) is 11.6 Å². The van der Waals surface area contributed by atoms with Crippen LogP contribution in [0.1, 0.15) is 47.0 Å². The highest BCUT2D eigenvalue weighted by atomic mass is 32.1. The molecule has 0 amide bonds. The molecule has 0 aliphatic heterocycles. The highest BCUT2D eigenvalue weighted by Crippen LogP contribution is 2.33. The van der Waals surface area contributed by atoms with Crippen LogP contribution in [0.4, 0.5) is 0 Å². The predicted octanol–water partition coefficient (Wildman–Crippen LogP) is 2.51. The molecule has 2 heterocycles. The summed E-state index contributed by atoms with van der Waals surface area (Å²) in [6.07, 6.45) is 6.57. The molecule has 0 saturated carbocycles. The summed E-state index contributed by atoms with van der Waals surface area (Å²) in [5.41, 5.74) is 1.45. The summed E-state index contributed by atoms with van der Waals surface area (Å²) in [7, 11) is 0. The molecule has 2 aromatic heterocycles. The molecule has 1 unspecified atom stereocenters. The van der Waals surface area contributed by atoms with Gasteiger partial charge in [-0.25, -0.2) is 4.98 Å². The van der Waals surface area contributed by atoms with E-state index in [-0.39, 0.29) is 0 Å². The lowest BCUT2D eigenvalue weighted by Gasteiger charge is -2.08. The van der Waals surface area contributed by atoms with E-state index < -0.39 is 6.10 Å². The average molecular weight is 277 g/mol. The number of aliphatic hydroxyl groups is 1. The third-order valence-corrected chi connectivity index (χ3v) is 5.05. The minimum absolute atomic E-state index is 0.454. The Hall–Kier alpha value is -1.20. The highest BCUT2D eigenvalue weighted by molar-refractivity contribution is 7.12. The first kappa shape index (κ1) is 12.8. The van der Waals surface area contributed by atoms with Crippen molar-refractivity contribution in [3.8, 4) is 0 Å². The van der Waals surface area contributed by atoms with Crippen LogP contribution in [0, 0.1) is 0 Å². The molecule has 0 spiro atoms. The Morgan fingerprint density at radius 1 is 1.42 bits per heavy atom. The third-order valence-electron chi connectivity index (χ3n) is 3.72. The molecular formula is C14H19N3OS. The van der Waals surface area contributed by atoms with Crippen LogP contribution in [-0.2, 0) is 25.8 Å². The summed E-state index contributed by atoms with van der Waals surface area (Å²) in [6.45, 7) is 2.83. The van der Waals surface area contributed by atoms with Gasteiger partial charge in [0, 0.05) is 22.7 Å². The van der Waals surface area contributed by atoms with Crippen LogP contribution in [0.25, 0.3) is 0 Å². The maximum Gasteiger partial charge on any atom is 0.138 e. The van der Waals surface area contributed by atoms with Gasteiger partial charge in [0.2, 0.25) is 0 Å². The number of hydrogen-bond donors (Lipinski definition) is 1. The van der Waals surface area contributed by atoms with Crippen LogP contribution in [0.5, 0.6) is 0 Å². The van der Waals surface area contributed by atoms with Crippen LogP contribution >= 0.6 is 11.3 Å². The summed E-state index contributed by atoms with van der Waals surface area (Å²) in [5.74, 6) is 0.862. The van der Waals surface area contributed by atoms with Gasteiger partial charge in [0.15, 0.2) is 0 Å². The molecule has 1 aliphatic carbocycles. The maximum atomic E-state index is 10.4. The number of fused-ring (bicyclic) bond motifs is 1. The average Bonchev–Trinajstić information content (AvgIpc) is 3.03. The Morgan fingerprint density at radius 2 is 2.26 bits per heavy atom. The molecule has 102 valence electrons. The monoisotopic (exact) mass is 277 g/mol. The summed E-state index contributed by atoms with van der Waals surface area (Å²) < 4.78 is 1.84. The fraction of sp³-hybridized carbons (Fsp3) is 0.571. The summed E-state index contributed by atoms with van der Waals surface area (Å²) in [5, 5.41) is 14.5. The van der Waals surface area contributed by atoms with Crippen molar-refractivity contribution in [3.63, 3.8) is 0 Å². The first-order chi connectivity index (χ1) is 9.28. The summed E-state index contributed by atoms with van der Waals surface area (Å²) in [6, 6.07) is 2.19. The number of nitrogens with zero attached hydrogens (tertiary/aromatic N) is 3. The molecule has 2 aromatic rings. The number of rotatable bonds is 4. The van der Waals surface area contributed by atoms with Crippen molar-refractivity contribution >= 4 is 11.3 Å². The van der Waals surface area contributed by atoms with Gasteiger partial charge < -0.3 is 5.11 Å². The highest BCUT2D eigenvalue weighted by Gasteiger charge is 2.19. The van der Waals surface area contributed by atoms with E-state index in [4.69, 9.17) is 0 Å². The van der Waals surface area contributed by atoms with Crippen molar-refractivity contribution < 1.29 is 5.11 Å². The quantitative estimate of drug-likeness (QED) is 0.934. The number of thiophene rings is 1. The molecule has 1 N–H and O–H groups in total. The molecule has 0 saturated heterocycles. The molecule has 1 atom stereocenters. The standard InChI is InChI=1S/C14H19N3OS/c1-2-17-14(15-9-16-17)8-11(18)13-7-10-5-3-4-6-12(10)19-13/h7,9,11,18H,2-6,8H2,1H3. The zero-order valence-corrected chi connectivity index (χ0v) is 12.0. The summed E-state index contributed by atoms with van der Waals surface area (Å²) in [4.78, 5) is 6.78. The molecule has 19 heavy (non-hydrogen) atoms. The Bertz CT molecular complexity index is 537. The zero-order valence-electron chi connectivity index (χ0n) is 11.2. The molecule has 4 nitrogen and oxygen atoms in total. The van der Waals surface area contributed by atoms with Crippen LogP contribution in [0.15, 0.2) is 12.4 Å². The van der Waals surface area contributed by atoms with Gasteiger partial charge in [-0.05, 0) is 44.2 Å². The molecular weight excluding hydrogens is 258 g/mol. The van der Waals surface area contributed by atoms with Crippen LogP contribution < -0.4 is 0 Å². The first-order valence-electron chi connectivity index (χ1n) is 6.94. The van der Waals surface area contributed by atoms with Crippen molar-refractivity contribution in [2.45, 2.75) is 51.7 Å². The Morgan fingerprint density at radius 3 is 3.05 bits per heavy atom. The van der Waals surface area contributed by atoms with Gasteiger partial charge in [0.25, 0.3) is 0 Å². The molecule has 1 aliphatic rings. The van der Waals surface area contributed by atoms with E-state index in [9.17, 15) is 5.11 Å². The minimum atomic E-state index is -0.454. The topological polar surface area (TPSA) is 50.9 Å². The molecule has 5 heteroatoms. The van der Waals surface area contributed by atoms with Crippen LogP contribution in [-0.4, -0.2) is 19.9 Å².